The molecule has 14 heavy (non-hydrogen) atoms. The van der Waals surface area contributed by atoms with Crippen molar-refractivity contribution in [2.24, 2.45) is 0 Å². The second-order valence-corrected chi connectivity index (χ2v) is 4.83. The summed E-state index contributed by atoms with van der Waals surface area (Å²) in [5, 5.41) is 0. The van der Waals surface area contributed by atoms with Gasteiger partial charge in [0.15, 0.2) is 0 Å². The lowest BCUT2D eigenvalue weighted by molar-refractivity contribution is 0.717. The molecule has 0 spiro atoms. The summed E-state index contributed by atoms with van der Waals surface area (Å²) < 4.78 is 0. The molecule has 2 bridgehead atoms. The Bertz CT molecular complexity index is 400. The molecule has 0 saturated heterocycles. The molecule has 1 aromatic carbocycles. The lowest BCUT2D eigenvalue weighted by Crippen LogP contribution is -1.98. The third-order valence-electron chi connectivity index (χ3n) is 3.89. The van der Waals surface area contributed by atoms with Gasteiger partial charge in [-0.2, -0.15) is 0 Å². The fourth-order valence-corrected chi connectivity index (χ4v) is 3.11. The first-order valence-electron chi connectivity index (χ1n) is 5.55. The topological polar surface area (TPSA) is 0 Å². The van der Waals surface area contributed by atoms with E-state index < -0.39 is 0 Å². The van der Waals surface area contributed by atoms with Gasteiger partial charge in [0, 0.05) is 0 Å². The van der Waals surface area contributed by atoms with Gasteiger partial charge in [-0.3, -0.25) is 0 Å². The van der Waals surface area contributed by atoms with E-state index in [0.717, 1.165) is 11.8 Å². The molecule has 0 aromatic heterocycles. The van der Waals surface area contributed by atoms with E-state index in [9.17, 15) is 0 Å². The monoisotopic (exact) mass is 184 g/mol. The molecule has 0 aliphatic heterocycles. The maximum atomic E-state index is 4.01. The number of benzene rings is 1. The zero-order valence-corrected chi connectivity index (χ0v) is 8.72. The van der Waals surface area contributed by atoms with Crippen molar-refractivity contribution in [3.63, 3.8) is 0 Å². The van der Waals surface area contributed by atoms with Crippen molar-refractivity contribution in [2.45, 2.75) is 38.0 Å². The molecule has 0 radical (unpaired) electrons. The zero-order chi connectivity index (χ0) is 9.71. The molecule has 2 atom stereocenters. The first-order valence-corrected chi connectivity index (χ1v) is 5.55. The maximum absolute atomic E-state index is 4.01. The quantitative estimate of drug-likeness (QED) is 0.616. The molecule has 0 amide bonds. The van der Waals surface area contributed by atoms with Crippen molar-refractivity contribution in [3.8, 4) is 0 Å². The van der Waals surface area contributed by atoms with Crippen molar-refractivity contribution in [2.75, 3.05) is 0 Å². The Kier molecular flexibility index (Phi) is 1.61. The molecule has 0 nitrogen and oxygen atoms in total. The van der Waals surface area contributed by atoms with E-state index in [1.54, 1.807) is 11.1 Å². The number of allylic oxidation sites excluding steroid dienone is 1. The summed E-state index contributed by atoms with van der Waals surface area (Å²) in [6, 6.07) is 6.95. The Morgan fingerprint density at radius 1 is 1.21 bits per heavy atom. The van der Waals surface area contributed by atoms with Crippen LogP contribution in [-0.2, 0) is 0 Å². The predicted octanol–water partition coefficient (Wildman–Crippen LogP) is 4.08. The zero-order valence-electron chi connectivity index (χ0n) is 8.72. The molecule has 1 fully saturated rings. The van der Waals surface area contributed by atoms with Crippen LogP contribution < -0.4 is 0 Å². The molecule has 0 heteroatoms. The summed E-state index contributed by atoms with van der Waals surface area (Å²) in [6.45, 7) is 6.11. The first kappa shape index (κ1) is 8.28. The Labute approximate surface area is 85.6 Å². The molecule has 1 saturated carbocycles. The van der Waals surface area contributed by atoms with Gasteiger partial charge in [0.2, 0.25) is 0 Å². The first-order chi connectivity index (χ1) is 6.75. The van der Waals surface area contributed by atoms with Crippen LogP contribution in [-0.4, -0.2) is 0 Å². The van der Waals surface area contributed by atoms with Gasteiger partial charge < -0.3 is 0 Å². The maximum Gasteiger partial charge on any atom is -0.0153 e. The second-order valence-electron chi connectivity index (χ2n) is 4.83. The van der Waals surface area contributed by atoms with E-state index >= 15 is 0 Å². The van der Waals surface area contributed by atoms with Gasteiger partial charge in [0.05, 0.1) is 0 Å². The van der Waals surface area contributed by atoms with E-state index in [1.165, 1.54) is 30.4 Å². The van der Waals surface area contributed by atoms with Crippen LogP contribution in [0.3, 0.4) is 0 Å². The number of rotatable bonds is 1. The van der Waals surface area contributed by atoms with E-state index in [1.807, 2.05) is 0 Å². The van der Waals surface area contributed by atoms with Crippen LogP contribution in [0.1, 0.15) is 54.7 Å². The van der Waals surface area contributed by atoms with Gasteiger partial charge in [-0.1, -0.05) is 30.4 Å². The molecule has 0 N–H and O–H groups in total. The SMILES string of the molecule is C=C(C)c1ccc2c(c1)C1CCC2C1. The summed E-state index contributed by atoms with van der Waals surface area (Å²) in [5.74, 6) is 1.75. The van der Waals surface area contributed by atoms with Crippen LogP contribution in [0.5, 0.6) is 0 Å². The van der Waals surface area contributed by atoms with E-state index in [-0.39, 0.29) is 0 Å². The summed E-state index contributed by atoms with van der Waals surface area (Å²) in [4.78, 5) is 0. The highest BCUT2D eigenvalue weighted by Crippen LogP contribution is 2.53. The normalized spacial score (nSPS) is 27.8. The highest BCUT2D eigenvalue weighted by atomic mass is 14.4. The van der Waals surface area contributed by atoms with Crippen LogP contribution in [0.2, 0.25) is 0 Å². The lowest BCUT2D eigenvalue weighted by Gasteiger charge is -2.16. The Balaban J connectivity index is 2.12. The minimum absolute atomic E-state index is 0.870. The summed E-state index contributed by atoms with van der Waals surface area (Å²) in [7, 11) is 0. The minimum Gasteiger partial charge on any atom is -0.0955 e. The fraction of sp³-hybridized carbons (Fsp3) is 0.429. The molecule has 72 valence electrons. The number of hydrogen-bond acceptors (Lipinski definition) is 0. The number of hydrogen-bond donors (Lipinski definition) is 0. The van der Waals surface area contributed by atoms with Crippen LogP contribution in [0.4, 0.5) is 0 Å². The van der Waals surface area contributed by atoms with E-state index in [0.29, 0.717) is 0 Å². The van der Waals surface area contributed by atoms with E-state index in [4.69, 9.17) is 0 Å². The molecule has 2 aliphatic carbocycles. The molecular formula is C14H16. The van der Waals surface area contributed by atoms with Gasteiger partial charge >= 0.3 is 0 Å². The van der Waals surface area contributed by atoms with Crippen LogP contribution in [0, 0.1) is 0 Å². The summed E-state index contributed by atoms with van der Waals surface area (Å²) in [6.07, 6.45) is 4.25. The van der Waals surface area contributed by atoms with Gasteiger partial charge in [-0.05, 0) is 54.7 Å². The molecule has 0 heterocycles. The highest BCUT2D eigenvalue weighted by molar-refractivity contribution is 5.63. The molecule has 1 aromatic rings. The van der Waals surface area contributed by atoms with E-state index in [2.05, 4.69) is 31.7 Å². The van der Waals surface area contributed by atoms with Crippen LogP contribution in [0.15, 0.2) is 24.8 Å². The number of fused-ring (bicyclic) bond motifs is 5. The average molecular weight is 184 g/mol. The average Bonchev–Trinajstić information content (AvgIpc) is 2.77. The van der Waals surface area contributed by atoms with Gasteiger partial charge in [-0.25, -0.2) is 0 Å². The highest BCUT2D eigenvalue weighted by Gasteiger charge is 2.36. The van der Waals surface area contributed by atoms with Crippen molar-refractivity contribution in [1.82, 2.24) is 0 Å². The smallest absolute Gasteiger partial charge is 0.0153 e. The van der Waals surface area contributed by atoms with Crippen LogP contribution in [0.25, 0.3) is 5.57 Å². The second kappa shape index (κ2) is 2.73. The lowest BCUT2D eigenvalue weighted by atomic mass is 9.89. The molecule has 2 aliphatic rings. The fourth-order valence-electron chi connectivity index (χ4n) is 3.11. The van der Waals surface area contributed by atoms with Crippen molar-refractivity contribution < 1.29 is 0 Å². The molecular weight excluding hydrogens is 168 g/mol. The van der Waals surface area contributed by atoms with Crippen LogP contribution >= 0.6 is 0 Å². The van der Waals surface area contributed by atoms with Gasteiger partial charge in [0.25, 0.3) is 0 Å². The Morgan fingerprint density at radius 2 is 1.93 bits per heavy atom. The third-order valence-corrected chi connectivity index (χ3v) is 3.89. The Morgan fingerprint density at radius 3 is 2.64 bits per heavy atom. The van der Waals surface area contributed by atoms with Crippen molar-refractivity contribution >= 4 is 5.57 Å². The van der Waals surface area contributed by atoms with Gasteiger partial charge in [-0.15, -0.1) is 0 Å². The predicted molar refractivity (Wildman–Crippen MR) is 60.5 cm³/mol. The largest absolute Gasteiger partial charge is 0.0955 e. The molecule has 3 rings (SSSR count). The standard InChI is InChI=1S/C14H16/c1-9(2)10-5-6-13-11-3-4-12(7-11)14(13)8-10/h5-6,8,11-12H,1,3-4,7H2,2H3. The van der Waals surface area contributed by atoms with Gasteiger partial charge in [0.1, 0.15) is 0 Å². The minimum atomic E-state index is 0.870. The van der Waals surface area contributed by atoms with Crippen molar-refractivity contribution in [3.05, 3.63) is 41.5 Å². The molecule has 2 unspecified atom stereocenters. The summed E-state index contributed by atoms with van der Waals surface area (Å²) in [5.41, 5.74) is 5.78. The summed E-state index contributed by atoms with van der Waals surface area (Å²) >= 11 is 0. The Hall–Kier alpha value is -1.04. The van der Waals surface area contributed by atoms with Crippen molar-refractivity contribution in [1.29, 1.82) is 0 Å². The third kappa shape index (κ3) is 1.00.